The topological polar surface area (TPSA) is 53.6 Å². The van der Waals surface area contributed by atoms with Crippen LogP contribution in [0.15, 0.2) is 48.8 Å². The molecule has 0 bridgehead atoms. The fourth-order valence-electron chi connectivity index (χ4n) is 2.20. The molecule has 112 valence electrons. The Labute approximate surface area is 132 Å². The van der Waals surface area contributed by atoms with E-state index < -0.39 is 0 Å². The molecule has 0 radical (unpaired) electrons. The van der Waals surface area contributed by atoms with Crippen molar-refractivity contribution in [2.45, 2.75) is 13.1 Å². The van der Waals surface area contributed by atoms with Crippen molar-refractivity contribution in [1.29, 1.82) is 0 Å². The first kappa shape index (κ1) is 14.7. The van der Waals surface area contributed by atoms with Crippen molar-refractivity contribution in [2.75, 3.05) is 0 Å². The smallest absolute Gasteiger partial charge is 0.155 e. The Morgan fingerprint density at radius 3 is 2.82 bits per heavy atom. The van der Waals surface area contributed by atoms with E-state index >= 15 is 0 Å². The molecule has 0 aliphatic heterocycles. The van der Waals surface area contributed by atoms with Crippen molar-refractivity contribution in [3.63, 3.8) is 0 Å². The van der Waals surface area contributed by atoms with Crippen LogP contribution in [0.25, 0.3) is 11.4 Å². The van der Waals surface area contributed by atoms with Crippen molar-refractivity contribution < 1.29 is 4.39 Å². The fraction of sp³-hybridized carbons (Fsp3) is 0.125. The lowest BCUT2D eigenvalue weighted by Gasteiger charge is -2.08. The van der Waals surface area contributed by atoms with Crippen molar-refractivity contribution in [2.24, 2.45) is 0 Å². The van der Waals surface area contributed by atoms with Gasteiger partial charge in [0.15, 0.2) is 5.82 Å². The van der Waals surface area contributed by atoms with Gasteiger partial charge in [-0.1, -0.05) is 41.9 Å². The number of hydrogen-bond acceptors (Lipinski definition) is 3. The van der Waals surface area contributed by atoms with Gasteiger partial charge in [0.25, 0.3) is 0 Å². The third-order valence-electron chi connectivity index (χ3n) is 3.29. The fourth-order valence-corrected chi connectivity index (χ4v) is 2.39. The first-order valence-electron chi connectivity index (χ1n) is 6.82. The Morgan fingerprint density at radius 1 is 1.14 bits per heavy atom. The predicted molar refractivity (Wildman–Crippen MR) is 83.8 cm³/mol. The molecule has 0 saturated heterocycles. The van der Waals surface area contributed by atoms with Gasteiger partial charge in [0.2, 0.25) is 0 Å². The number of aromatic nitrogens is 3. The molecule has 3 aromatic rings. The molecule has 3 rings (SSSR count). The maximum atomic E-state index is 13.8. The van der Waals surface area contributed by atoms with Crippen molar-refractivity contribution >= 4 is 11.6 Å². The van der Waals surface area contributed by atoms with E-state index in [2.05, 4.69) is 20.5 Å². The summed E-state index contributed by atoms with van der Waals surface area (Å²) < 4.78 is 13.8. The van der Waals surface area contributed by atoms with E-state index in [0.29, 0.717) is 18.7 Å². The summed E-state index contributed by atoms with van der Waals surface area (Å²) >= 11 is 5.77. The highest BCUT2D eigenvalue weighted by Crippen LogP contribution is 2.18. The van der Waals surface area contributed by atoms with Gasteiger partial charge in [-0.3, -0.25) is 5.10 Å². The first-order chi connectivity index (χ1) is 10.7. The maximum absolute atomic E-state index is 13.8. The highest BCUT2D eigenvalue weighted by Gasteiger charge is 2.06. The minimum absolute atomic E-state index is 0.145. The van der Waals surface area contributed by atoms with Crippen LogP contribution in [-0.4, -0.2) is 15.2 Å². The highest BCUT2D eigenvalue weighted by molar-refractivity contribution is 6.30. The van der Waals surface area contributed by atoms with E-state index in [1.54, 1.807) is 18.2 Å². The molecule has 1 aromatic heterocycles. The van der Waals surface area contributed by atoms with Crippen LogP contribution >= 0.6 is 11.6 Å². The molecule has 6 heteroatoms. The molecule has 0 amide bonds. The third kappa shape index (κ3) is 3.32. The van der Waals surface area contributed by atoms with Gasteiger partial charge in [-0.05, 0) is 17.7 Å². The van der Waals surface area contributed by atoms with Crippen LogP contribution in [0, 0.1) is 5.82 Å². The van der Waals surface area contributed by atoms with Gasteiger partial charge in [-0.15, -0.1) is 0 Å². The number of rotatable bonds is 5. The molecule has 0 spiro atoms. The molecular formula is C16H14ClFN4. The van der Waals surface area contributed by atoms with Crippen LogP contribution < -0.4 is 5.32 Å². The molecule has 2 aromatic carbocycles. The Hall–Kier alpha value is -2.24. The quantitative estimate of drug-likeness (QED) is 0.757. The Balaban J connectivity index is 1.65. The summed E-state index contributed by atoms with van der Waals surface area (Å²) in [6.45, 7) is 1.03. The van der Waals surface area contributed by atoms with Crippen LogP contribution in [-0.2, 0) is 13.1 Å². The minimum atomic E-state index is -0.368. The average Bonchev–Trinajstić information content (AvgIpc) is 3.06. The van der Waals surface area contributed by atoms with Crippen molar-refractivity contribution in [3.05, 3.63) is 70.8 Å². The van der Waals surface area contributed by atoms with E-state index in [-0.39, 0.29) is 10.8 Å². The third-order valence-corrected chi connectivity index (χ3v) is 3.58. The number of halogens is 2. The minimum Gasteiger partial charge on any atom is -0.309 e. The second kappa shape index (κ2) is 6.68. The molecule has 0 aliphatic carbocycles. The highest BCUT2D eigenvalue weighted by atomic mass is 35.5. The van der Waals surface area contributed by atoms with E-state index in [1.807, 2.05) is 24.3 Å². The molecule has 2 N–H and O–H groups in total. The Bertz CT molecular complexity index is 759. The summed E-state index contributed by atoms with van der Waals surface area (Å²) in [4.78, 5) is 4.13. The molecule has 0 saturated carbocycles. The number of H-pyrrole nitrogens is 1. The predicted octanol–water partition coefficient (Wildman–Crippen LogP) is 3.55. The molecule has 0 aliphatic rings. The lowest BCUT2D eigenvalue weighted by molar-refractivity contribution is 0.588. The van der Waals surface area contributed by atoms with Gasteiger partial charge in [-0.25, -0.2) is 9.37 Å². The number of nitrogens with zero attached hydrogens (tertiary/aromatic N) is 2. The van der Waals surface area contributed by atoms with Gasteiger partial charge in [-0.2, -0.15) is 5.10 Å². The zero-order valence-electron chi connectivity index (χ0n) is 11.7. The normalized spacial score (nSPS) is 10.8. The number of hydrogen-bond donors (Lipinski definition) is 2. The lowest BCUT2D eigenvalue weighted by atomic mass is 10.1. The maximum Gasteiger partial charge on any atom is 0.155 e. The van der Waals surface area contributed by atoms with Crippen LogP contribution in [0.4, 0.5) is 4.39 Å². The zero-order chi connectivity index (χ0) is 15.4. The number of nitrogens with one attached hydrogen (secondary N) is 2. The van der Waals surface area contributed by atoms with E-state index in [9.17, 15) is 4.39 Å². The molecule has 22 heavy (non-hydrogen) atoms. The van der Waals surface area contributed by atoms with Crippen molar-refractivity contribution in [1.82, 2.24) is 20.5 Å². The SMILES string of the molecule is Fc1c(Cl)cccc1CNCc1cccc(-c2ncn[nH]2)c1. The van der Waals surface area contributed by atoms with E-state index in [4.69, 9.17) is 11.6 Å². The van der Waals surface area contributed by atoms with Crippen LogP contribution in [0.5, 0.6) is 0 Å². The van der Waals surface area contributed by atoms with Crippen molar-refractivity contribution in [3.8, 4) is 11.4 Å². The van der Waals surface area contributed by atoms with Gasteiger partial charge in [0.05, 0.1) is 5.02 Å². The van der Waals surface area contributed by atoms with Crippen LogP contribution in [0.2, 0.25) is 5.02 Å². The molecule has 0 unspecified atom stereocenters. The molecule has 0 atom stereocenters. The summed E-state index contributed by atoms with van der Waals surface area (Å²) in [5, 5.41) is 10.0. The second-order valence-corrected chi connectivity index (χ2v) is 5.26. The largest absolute Gasteiger partial charge is 0.309 e. The standard InChI is InChI=1S/C16H14ClFN4/c17-14-6-2-5-13(15(14)18)9-19-8-11-3-1-4-12(7-11)16-20-10-21-22-16/h1-7,10,19H,8-9H2,(H,20,21,22). The average molecular weight is 317 g/mol. The summed E-state index contributed by atoms with van der Waals surface area (Å²) in [6.07, 6.45) is 1.47. The molecule has 4 nitrogen and oxygen atoms in total. The monoisotopic (exact) mass is 316 g/mol. The summed E-state index contributed by atoms with van der Waals surface area (Å²) in [7, 11) is 0. The number of benzene rings is 2. The van der Waals surface area contributed by atoms with E-state index in [0.717, 1.165) is 17.0 Å². The molecular weight excluding hydrogens is 303 g/mol. The number of aromatic amines is 1. The first-order valence-corrected chi connectivity index (χ1v) is 7.20. The van der Waals surface area contributed by atoms with E-state index in [1.165, 1.54) is 6.33 Å². The molecule has 0 fully saturated rings. The van der Waals surface area contributed by atoms with Gasteiger partial charge < -0.3 is 5.32 Å². The lowest BCUT2D eigenvalue weighted by Crippen LogP contribution is -2.13. The van der Waals surface area contributed by atoms with Gasteiger partial charge in [0, 0.05) is 24.2 Å². The summed E-state index contributed by atoms with van der Waals surface area (Å²) in [5.74, 6) is 0.356. The van der Waals surface area contributed by atoms with Gasteiger partial charge >= 0.3 is 0 Å². The zero-order valence-corrected chi connectivity index (χ0v) is 12.4. The Kier molecular flexibility index (Phi) is 4.46. The van der Waals surface area contributed by atoms with Crippen LogP contribution in [0.1, 0.15) is 11.1 Å². The van der Waals surface area contributed by atoms with Crippen LogP contribution in [0.3, 0.4) is 0 Å². The summed E-state index contributed by atoms with van der Waals surface area (Å²) in [6, 6.07) is 12.9. The van der Waals surface area contributed by atoms with Gasteiger partial charge in [0.1, 0.15) is 12.1 Å². The Morgan fingerprint density at radius 2 is 2.00 bits per heavy atom. The summed E-state index contributed by atoms with van der Waals surface area (Å²) in [5.41, 5.74) is 2.60. The molecule has 1 heterocycles. The second-order valence-electron chi connectivity index (χ2n) is 4.85.